The Labute approximate surface area is 111 Å². The highest BCUT2D eigenvalue weighted by atomic mass is 19.1. The number of benzene rings is 1. The zero-order valence-corrected chi connectivity index (χ0v) is 11.1. The van der Waals surface area contributed by atoms with Crippen molar-refractivity contribution in [3.05, 3.63) is 35.1 Å². The number of ketones is 1. The standard InChI is InChI=1S/C14H18FNO3/c1-3-6-16-12(8-13(17)18)14(19)10-4-5-11(15)9(2)7-10/h4-5,7,12,16H,3,6,8H2,1-2H3,(H,17,18). The molecule has 1 unspecified atom stereocenters. The van der Waals surface area contributed by atoms with Gasteiger partial charge in [0, 0.05) is 5.56 Å². The molecule has 0 fully saturated rings. The number of halogens is 1. The first-order valence-corrected chi connectivity index (χ1v) is 6.21. The second-order valence-corrected chi connectivity index (χ2v) is 4.43. The Hall–Kier alpha value is -1.75. The molecule has 104 valence electrons. The fraction of sp³-hybridized carbons (Fsp3) is 0.429. The SMILES string of the molecule is CCCNC(CC(=O)O)C(=O)c1ccc(F)c(C)c1. The van der Waals surface area contributed by atoms with Crippen molar-refractivity contribution in [2.45, 2.75) is 32.7 Å². The molecule has 0 aliphatic carbocycles. The monoisotopic (exact) mass is 267 g/mol. The Balaban J connectivity index is 2.90. The number of carbonyl (C=O) groups excluding carboxylic acids is 1. The van der Waals surface area contributed by atoms with Crippen LogP contribution in [0.2, 0.25) is 0 Å². The summed E-state index contributed by atoms with van der Waals surface area (Å²) in [4.78, 5) is 23.0. The number of nitrogens with one attached hydrogen (secondary N) is 1. The largest absolute Gasteiger partial charge is 0.481 e. The molecule has 1 atom stereocenters. The summed E-state index contributed by atoms with van der Waals surface area (Å²) in [6.45, 7) is 4.05. The highest BCUT2D eigenvalue weighted by Gasteiger charge is 2.22. The van der Waals surface area contributed by atoms with E-state index in [-0.39, 0.29) is 18.0 Å². The van der Waals surface area contributed by atoms with Crippen molar-refractivity contribution in [2.24, 2.45) is 0 Å². The summed E-state index contributed by atoms with van der Waals surface area (Å²) in [5, 5.41) is 11.7. The van der Waals surface area contributed by atoms with Crippen LogP contribution in [0, 0.1) is 12.7 Å². The number of hydrogen-bond donors (Lipinski definition) is 2. The molecule has 0 bridgehead atoms. The molecule has 5 heteroatoms. The minimum absolute atomic E-state index is 0.282. The fourth-order valence-corrected chi connectivity index (χ4v) is 1.75. The molecule has 4 nitrogen and oxygen atoms in total. The van der Waals surface area contributed by atoms with Crippen LogP contribution in [0.5, 0.6) is 0 Å². The summed E-state index contributed by atoms with van der Waals surface area (Å²) >= 11 is 0. The van der Waals surface area contributed by atoms with Crippen LogP contribution >= 0.6 is 0 Å². The minimum atomic E-state index is -1.04. The first kappa shape index (κ1) is 15.3. The molecule has 0 aliphatic heterocycles. The van der Waals surface area contributed by atoms with Crippen LogP contribution in [0.3, 0.4) is 0 Å². The van der Waals surface area contributed by atoms with E-state index < -0.39 is 12.0 Å². The Morgan fingerprint density at radius 1 is 1.42 bits per heavy atom. The van der Waals surface area contributed by atoms with Crippen LogP contribution in [-0.4, -0.2) is 29.4 Å². The van der Waals surface area contributed by atoms with Gasteiger partial charge in [0.2, 0.25) is 0 Å². The van der Waals surface area contributed by atoms with E-state index in [0.29, 0.717) is 17.7 Å². The van der Waals surface area contributed by atoms with Gasteiger partial charge in [-0.05, 0) is 43.7 Å². The smallest absolute Gasteiger partial charge is 0.305 e. The molecule has 0 saturated heterocycles. The van der Waals surface area contributed by atoms with E-state index in [2.05, 4.69) is 5.32 Å². The van der Waals surface area contributed by atoms with Gasteiger partial charge in [-0.1, -0.05) is 6.92 Å². The molecule has 0 aromatic heterocycles. The number of hydrogen-bond acceptors (Lipinski definition) is 3. The average Bonchev–Trinajstić information content (AvgIpc) is 2.36. The van der Waals surface area contributed by atoms with Crippen molar-refractivity contribution in [3.63, 3.8) is 0 Å². The van der Waals surface area contributed by atoms with Crippen LogP contribution in [0.1, 0.15) is 35.7 Å². The van der Waals surface area contributed by atoms with Crippen molar-refractivity contribution in [1.29, 1.82) is 0 Å². The molecule has 1 aromatic carbocycles. The molecular weight excluding hydrogens is 249 g/mol. The molecule has 0 aliphatic rings. The summed E-state index contributed by atoms with van der Waals surface area (Å²) in [7, 11) is 0. The van der Waals surface area contributed by atoms with Gasteiger partial charge in [-0.15, -0.1) is 0 Å². The maximum absolute atomic E-state index is 13.2. The molecule has 1 rings (SSSR count). The van der Waals surface area contributed by atoms with Gasteiger partial charge in [0.05, 0.1) is 12.5 Å². The summed E-state index contributed by atoms with van der Waals surface area (Å²) in [6.07, 6.45) is 0.515. The van der Waals surface area contributed by atoms with Crippen LogP contribution < -0.4 is 5.32 Å². The van der Waals surface area contributed by atoms with Crippen molar-refractivity contribution < 1.29 is 19.1 Å². The van der Waals surface area contributed by atoms with Crippen molar-refractivity contribution in [2.75, 3.05) is 6.54 Å². The topological polar surface area (TPSA) is 66.4 Å². The van der Waals surface area contributed by atoms with Gasteiger partial charge >= 0.3 is 5.97 Å². The number of carbonyl (C=O) groups is 2. The lowest BCUT2D eigenvalue weighted by molar-refractivity contribution is -0.137. The maximum Gasteiger partial charge on any atom is 0.305 e. The molecule has 1 aromatic rings. The lowest BCUT2D eigenvalue weighted by Crippen LogP contribution is -2.39. The normalized spacial score (nSPS) is 12.2. The highest BCUT2D eigenvalue weighted by molar-refractivity contribution is 6.01. The predicted molar refractivity (Wildman–Crippen MR) is 69.8 cm³/mol. The minimum Gasteiger partial charge on any atom is -0.481 e. The van der Waals surface area contributed by atoms with Gasteiger partial charge in [0.15, 0.2) is 5.78 Å². The fourth-order valence-electron chi connectivity index (χ4n) is 1.75. The van der Waals surface area contributed by atoms with E-state index in [4.69, 9.17) is 5.11 Å². The summed E-state index contributed by atoms with van der Waals surface area (Å²) in [6, 6.07) is 3.27. The third-order valence-corrected chi connectivity index (χ3v) is 2.78. The molecular formula is C14H18FNO3. The number of aliphatic carboxylic acids is 1. The first-order valence-electron chi connectivity index (χ1n) is 6.21. The van der Waals surface area contributed by atoms with Crippen LogP contribution in [0.25, 0.3) is 0 Å². The van der Waals surface area contributed by atoms with E-state index in [1.54, 1.807) is 6.92 Å². The summed E-state index contributed by atoms with van der Waals surface area (Å²) < 4.78 is 13.2. The molecule has 0 heterocycles. The van der Waals surface area contributed by atoms with E-state index >= 15 is 0 Å². The molecule has 0 radical (unpaired) electrons. The van der Waals surface area contributed by atoms with E-state index in [1.165, 1.54) is 18.2 Å². The van der Waals surface area contributed by atoms with Gasteiger partial charge in [-0.25, -0.2) is 4.39 Å². The van der Waals surface area contributed by atoms with Gasteiger partial charge in [-0.3, -0.25) is 9.59 Å². The molecule has 2 N–H and O–H groups in total. The van der Waals surface area contributed by atoms with Crippen molar-refractivity contribution >= 4 is 11.8 Å². The lowest BCUT2D eigenvalue weighted by atomic mass is 9.99. The van der Waals surface area contributed by atoms with Crippen molar-refractivity contribution in [1.82, 2.24) is 5.32 Å². The second kappa shape index (κ2) is 6.99. The van der Waals surface area contributed by atoms with Gasteiger partial charge in [-0.2, -0.15) is 0 Å². The summed E-state index contributed by atoms with van der Waals surface area (Å²) in [5.41, 5.74) is 0.698. The Morgan fingerprint density at radius 2 is 2.11 bits per heavy atom. The molecule has 19 heavy (non-hydrogen) atoms. The molecule has 0 saturated carbocycles. The third-order valence-electron chi connectivity index (χ3n) is 2.78. The average molecular weight is 267 g/mol. The van der Waals surface area contributed by atoms with Crippen molar-refractivity contribution in [3.8, 4) is 0 Å². The van der Waals surface area contributed by atoms with E-state index in [9.17, 15) is 14.0 Å². The van der Waals surface area contributed by atoms with Crippen LogP contribution in [0.15, 0.2) is 18.2 Å². The van der Waals surface area contributed by atoms with Gasteiger partial charge in [0.25, 0.3) is 0 Å². The molecule has 0 spiro atoms. The first-order chi connectivity index (χ1) is 8.95. The highest BCUT2D eigenvalue weighted by Crippen LogP contribution is 2.12. The lowest BCUT2D eigenvalue weighted by Gasteiger charge is -2.15. The van der Waals surface area contributed by atoms with Gasteiger partial charge in [0.1, 0.15) is 5.82 Å². The number of aryl methyl sites for hydroxylation is 1. The van der Waals surface area contributed by atoms with E-state index in [1.807, 2.05) is 6.92 Å². The van der Waals surface area contributed by atoms with E-state index in [0.717, 1.165) is 6.42 Å². The number of Topliss-reactive ketones (excluding diaryl/α,β-unsaturated/α-hetero) is 1. The number of carboxylic acid groups (broad SMARTS) is 1. The van der Waals surface area contributed by atoms with Crippen LogP contribution in [0.4, 0.5) is 4.39 Å². The maximum atomic E-state index is 13.2. The Bertz CT molecular complexity index is 474. The zero-order valence-electron chi connectivity index (χ0n) is 11.1. The van der Waals surface area contributed by atoms with Crippen LogP contribution in [-0.2, 0) is 4.79 Å². The molecule has 0 amide bonds. The number of rotatable bonds is 7. The number of carboxylic acids is 1. The Morgan fingerprint density at radius 3 is 2.63 bits per heavy atom. The second-order valence-electron chi connectivity index (χ2n) is 4.43. The summed E-state index contributed by atoms with van der Waals surface area (Å²) in [5.74, 6) is -1.74. The quantitative estimate of drug-likeness (QED) is 0.743. The van der Waals surface area contributed by atoms with Gasteiger partial charge < -0.3 is 10.4 Å². The third kappa shape index (κ3) is 4.44. The predicted octanol–water partition coefficient (Wildman–Crippen LogP) is 2.16. The zero-order chi connectivity index (χ0) is 14.4. The Kier molecular flexibility index (Phi) is 5.63.